The molecule has 0 saturated heterocycles. The first-order valence-corrected chi connectivity index (χ1v) is 23.3. The second-order valence-corrected chi connectivity index (χ2v) is 17.4. The van der Waals surface area contributed by atoms with Crippen molar-refractivity contribution in [1.82, 2.24) is 9.13 Å². The van der Waals surface area contributed by atoms with Gasteiger partial charge in [0.05, 0.1) is 22.2 Å². The van der Waals surface area contributed by atoms with Gasteiger partial charge < -0.3 is 19.7 Å². The van der Waals surface area contributed by atoms with Gasteiger partial charge >= 0.3 is 0 Å². The van der Waals surface area contributed by atoms with Crippen molar-refractivity contribution in [3.63, 3.8) is 0 Å². The molecule has 1 unspecified atom stereocenters. The summed E-state index contributed by atoms with van der Waals surface area (Å²) in [6.45, 7) is 0. The van der Waals surface area contributed by atoms with E-state index in [1.54, 1.807) is 0 Å². The molecule has 0 radical (unpaired) electrons. The van der Waals surface area contributed by atoms with Crippen molar-refractivity contribution in [3.8, 4) is 33.6 Å². The van der Waals surface area contributed by atoms with E-state index < -0.39 is 0 Å². The summed E-state index contributed by atoms with van der Waals surface area (Å²) >= 11 is 0. The van der Waals surface area contributed by atoms with E-state index in [9.17, 15) is 0 Å². The van der Waals surface area contributed by atoms with Crippen molar-refractivity contribution in [3.05, 3.63) is 266 Å². The zero-order valence-electron chi connectivity index (χ0n) is 37.2. The number of aromatic nitrogens is 2. The van der Waals surface area contributed by atoms with Gasteiger partial charge in [0.15, 0.2) is 0 Å². The van der Waals surface area contributed by atoms with Crippen LogP contribution in [0.25, 0.3) is 66.3 Å². The predicted molar refractivity (Wildman–Crippen MR) is 285 cm³/mol. The molecule has 1 N–H and O–H groups in total. The highest BCUT2D eigenvalue weighted by molar-refractivity contribution is 6.18. The Kier molecular flexibility index (Phi) is 9.50. The summed E-state index contributed by atoms with van der Waals surface area (Å²) in [6.07, 6.45) is -0.0957. The molecule has 0 saturated carbocycles. The minimum Gasteiger partial charge on any atom is -0.345 e. The monoisotopic (exact) mass is 871 g/mol. The zero-order valence-corrected chi connectivity index (χ0v) is 37.2. The summed E-state index contributed by atoms with van der Waals surface area (Å²) in [5, 5.41) is 7.64. The summed E-state index contributed by atoms with van der Waals surface area (Å²) in [6, 6.07) is 94.0. The minimum absolute atomic E-state index is 0.0957. The number of fused-ring (bicyclic) bond motifs is 6. The van der Waals surface area contributed by atoms with Crippen LogP contribution in [0.3, 0.4) is 0 Å². The third kappa shape index (κ3) is 6.63. The predicted octanol–water partition coefficient (Wildman–Crippen LogP) is 16.8. The molecule has 12 aromatic rings. The summed E-state index contributed by atoms with van der Waals surface area (Å²) in [5.41, 5.74) is 17.2. The minimum atomic E-state index is -0.0957. The number of hydrogen-bond acceptors (Lipinski definition) is 3. The lowest BCUT2D eigenvalue weighted by Crippen LogP contribution is -2.24. The molecule has 0 aliphatic carbocycles. The van der Waals surface area contributed by atoms with E-state index in [2.05, 4.69) is 285 Å². The van der Waals surface area contributed by atoms with Gasteiger partial charge in [-0.1, -0.05) is 170 Å². The van der Waals surface area contributed by atoms with Crippen LogP contribution in [0.1, 0.15) is 11.7 Å². The number of para-hydroxylation sites is 3. The molecule has 10 aromatic carbocycles. The summed E-state index contributed by atoms with van der Waals surface area (Å²) < 4.78 is 4.85. The Bertz CT molecular complexity index is 3630. The SMILES string of the molecule is c1ccc(-c2ccc(N(c3ccc(-c4ccccc4)cc3)c3ccc(-n4c5ccccc5c5cc6c7c(n(-c8ccccc8)c6cc54)NC(c4ccccc4)N7c4ccccc4)cc3)cc2)cc1. The van der Waals surface area contributed by atoms with Crippen molar-refractivity contribution >= 4 is 67.0 Å². The largest absolute Gasteiger partial charge is 0.345 e. The Hall–Kier alpha value is -9.06. The molecule has 0 amide bonds. The standard InChI is InChI=1S/C63H45N5/c1-6-18-44(19-7-1)46-30-34-51(35-31-46)65(52-36-32-47(33-37-52)45-20-8-2-9-21-45)53-38-40-54(41-39-53)66-58-29-17-16-28-55(58)56-42-57-60(43-59(56)66)67(49-24-12-4-13-25-49)63-61(57)68(50-26-14-5-15-27-50)62(64-63)48-22-10-3-11-23-48/h1-43,62,64H. The number of anilines is 6. The number of hydrogen-bond donors (Lipinski definition) is 1. The van der Waals surface area contributed by atoms with Crippen molar-refractivity contribution in [2.24, 2.45) is 0 Å². The van der Waals surface area contributed by atoms with Crippen molar-refractivity contribution in [2.45, 2.75) is 6.17 Å². The Balaban J connectivity index is 0.970. The topological polar surface area (TPSA) is 28.4 Å². The highest BCUT2D eigenvalue weighted by Gasteiger charge is 2.37. The van der Waals surface area contributed by atoms with Crippen LogP contribution >= 0.6 is 0 Å². The lowest BCUT2D eigenvalue weighted by atomic mass is 10.0. The van der Waals surface area contributed by atoms with Crippen LogP contribution in [0.5, 0.6) is 0 Å². The normalized spacial score (nSPS) is 13.2. The average molecular weight is 872 g/mol. The van der Waals surface area contributed by atoms with Crippen LogP contribution in [-0.4, -0.2) is 9.13 Å². The van der Waals surface area contributed by atoms with Gasteiger partial charge in [0.1, 0.15) is 12.0 Å². The Morgan fingerprint density at radius 3 is 1.34 bits per heavy atom. The summed E-state index contributed by atoms with van der Waals surface area (Å²) in [5.74, 6) is 1.07. The molecule has 0 fully saturated rings. The lowest BCUT2D eigenvalue weighted by molar-refractivity contribution is 0.823. The van der Waals surface area contributed by atoms with Gasteiger partial charge in [-0.05, 0) is 119 Å². The Morgan fingerprint density at radius 2 is 0.765 bits per heavy atom. The molecule has 3 heterocycles. The van der Waals surface area contributed by atoms with E-state index in [4.69, 9.17) is 0 Å². The maximum atomic E-state index is 4.03. The highest BCUT2D eigenvalue weighted by atomic mass is 15.4. The van der Waals surface area contributed by atoms with Gasteiger partial charge in [0.25, 0.3) is 0 Å². The summed E-state index contributed by atoms with van der Waals surface area (Å²) in [4.78, 5) is 4.83. The van der Waals surface area contributed by atoms with Gasteiger partial charge in [0.2, 0.25) is 0 Å². The van der Waals surface area contributed by atoms with Crippen LogP contribution in [0.4, 0.5) is 34.3 Å². The van der Waals surface area contributed by atoms with Gasteiger partial charge in [-0.15, -0.1) is 0 Å². The molecular weight excluding hydrogens is 827 g/mol. The molecule has 322 valence electrons. The first-order valence-electron chi connectivity index (χ1n) is 23.3. The third-order valence-corrected chi connectivity index (χ3v) is 13.5. The molecule has 13 rings (SSSR count). The van der Waals surface area contributed by atoms with E-state index in [1.165, 1.54) is 49.7 Å². The molecule has 0 bridgehead atoms. The number of nitrogens with one attached hydrogen (secondary N) is 1. The van der Waals surface area contributed by atoms with E-state index in [0.29, 0.717) is 0 Å². The van der Waals surface area contributed by atoms with Gasteiger partial charge in [-0.2, -0.15) is 0 Å². The lowest BCUT2D eigenvalue weighted by Gasteiger charge is -2.28. The third-order valence-electron chi connectivity index (χ3n) is 13.5. The average Bonchev–Trinajstić information content (AvgIpc) is 4.07. The van der Waals surface area contributed by atoms with Crippen molar-refractivity contribution < 1.29 is 0 Å². The molecule has 1 aliphatic heterocycles. The first-order chi connectivity index (χ1) is 33.7. The smallest absolute Gasteiger partial charge is 0.138 e. The number of benzene rings is 10. The van der Waals surface area contributed by atoms with Gasteiger partial charge in [-0.25, -0.2) is 0 Å². The maximum Gasteiger partial charge on any atom is 0.138 e. The van der Waals surface area contributed by atoms with E-state index >= 15 is 0 Å². The fraction of sp³-hybridized carbons (Fsp3) is 0.0159. The molecule has 0 spiro atoms. The quantitative estimate of drug-likeness (QED) is 0.157. The second kappa shape index (κ2) is 16.4. The van der Waals surface area contributed by atoms with Crippen molar-refractivity contribution in [2.75, 3.05) is 15.1 Å². The van der Waals surface area contributed by atoms with Crippen LogP contribution < -0.4 is 15.1 Å². The van der Waals surface area contributed by atoms with E-state index in [-0.39, 0.29) is 6.17 Å². The van der Waals surface area contributed by atoms with Crippen LogP contribution in [0.15, 0.2) is 261 Å². The maximum absolute atomic E-state index is 4.03. The molecule has 2 aromatic heterocycles. The molecule has 1 aliphatic rings. The summed E-state index contributed by atoms with van der Waals surface area (Å²) in [7, 11) is 0. The zero-order chi connectivity index (χ0) is 45.0. The number of nitrogens with zero attached hydrogens (tertiary/aromatic N) is 4. The Labute approximate surface area is 395 Å². The van der Waals surface area contributed by atoms with Gasteiger partial charge in [-0.3, -0.25) is 4.57 Å². The molecule has 1 atom stereocenters. The second-order valence-electron chi connectivity index (χ2n) is 17.4. The Morgan fingerprint density at radius 1 is 0.324 bits per heavy atom. The van der Waals surface area contributed by atoms with E-state index in [0.717, 1.165) is 56.5 Å². The van der Waals surface area contributed by atoms with E-state index in [1.807, 2.05) is 0 Å². The fourth-order valence-corrected chi connectivity index (χ4v) is 10.4. The molecule has 5 heteroatoms. The van der Waals surface area contributed by atoms with Crippen LogP contribution in [0, 0.1) is 0 Å². The number of rotatable bonds is 9. The van der Waals surface area contributed by atoms with Crippen LogP contribution in [-0.2, 0) is 0 Å². The van der Waals surface area contributed by atoms with Crippen molar-refractivity contribution in [1.29, 1.82) is 0 Å². The molecule has 5 nitrogen and oxygen atoms in total. The fourth-order valence-electron chi connectivity index (χ4n) is 10.4. The molecule has 68 heavy (non-hydrogen) atoms. The molecular formula is C63H45N5. The van der Waals surface area contributed by atoms with Gasteiger partial charge in [0, 0.05) is 50.3 Å². The first kappa shape index (κ1) is 39.3. The van der Waals surface area contributed by atoms with Crippen LogP contribution in [0.2, 0.25) is 0 Å². The highest BCUT2D eigenvalue weighted by Crippen LogP contribution is 2.53.